The van der Waals surface area contributed by atoms with E-state index in [9.17, 15) is 10.1 Å². The average molecular weight is 288 g/mol. The number of imidazole rings is 1. The molecular weight excluding hydrogens is 268 g/mol. The van der Waals surface area contributed by atoms with Gasteiger partial charge < -0.3 is 9.88 Å². The van der Waals surface area contributed by atoms with Crippen molar-refractivity contribution >= 4 is 5.69 Å². The van der Waals surface area contributed by atoms with Crippen LogP contribution in [0.3, 0.4) is 0 Å². The third-order valence-electron chi connectivity index (χ3n) is 3.23. The normalized spacial score (nSPS) is 10.7. The zero-order chi connectivity index (χ0) is 15.1. The maximum absolute atomic E-state index is 10.6. The average Bonchev–Trinajstić information content (AvgIpc) is 2.94. The summed E-state index contributed by atoms with van der Waals surface area (Å²) in [7, 11) is 0. The number of hydrogen-bond donors (Lipinski definition) is 1. The lowest BCUT2D eigenvalue weighted by atomic mass is 10.1. The van der Waals surface area contributed by atoms with Crippen LogP contribution in [0.5, 0.6) is 0 Å². The molecule has 0 bridgehead atoms. The lowest BCUT2D eigenvalue weighted by Gasteiger charge is -2.02. The van der Waals surface area contributed by atoms with Crippen LogP contribution in [0.2, 0.25) is 0 Å². The second kappa shape index (κ2) is 7.54. The fourth-order valence-corrected chi connectivity index (χ4v) is 2.06. The number of nitrogens with one attached hydrogen (secondary N) is 1. The van der Waals surface area contributed by atoms with Gasteiger partial charge in [-0.15, -0.1) is 0 Å². The number of nitro benzene ring substituents is 1. The van der Waals surface area contributed by atoms with Gasteiger partial charge in [-0.05, 0) is 24.9 Å². The van der Waals surface area contributed by atoms with Crippen LogP contribution in [-0.2, 0) is 19.5 Å². The van der Waals surface area contributed by atoms with Gasteiger partial charge in [-0.1, -0.05) is 19.1 Å². The minimum Gasteiger partial charge on any atom is -0.337 e. The summed E-state index contributed by atoms with van der Waals surface area (Å²) in [6.45, 7) is 4.74. The Morgan fingerprint density at radius 3 is 2.76 bits per heavy atom. The highest BCUT2D eigenvalue weighted by Gasteiger charge is 2.04. The van der Waals surface area contributed by atoms with Gasteiger partial charge in [0.15, 0.2) is 0 Å². The van der Waals surface area contributed by atoms with Crippen molar-refractivity contribution in [1.82, 2.24) is 14.9 Å². The Hall–Kier alpha value is -2.21. The quantitative estimate of drug-likeness (QED) is 0.460. The van der Waals surface area contributed by atoms with Crippen LogP contribution in [-0.4, -0.2) is 21.0 Å². The number of nitrogens with zero attached hydrogens (tertiary/aromatic N) is 3. The van der Waals surface area contributed by atoms with Crippen molar-refractivity contribution in [3.05, 3.63) is 58.2 Å². The zero-order valence-electron chi connectivity index (χ0n) is 12.2. The molecule has 0 fully saturated rings. The van der Waals surface area contributed by atoms with E-state index in [1.165, 1.54) is 0 Å². The van der Waals surface area contributed by atoms with Gasteiger partial charge in [0.05, 0.1) is 16.9 Å². The molecule has 0 atom stereocenters. The first kappa shape index (κ1) is 15.2. The fourth-order valence-electron chi connectivity index (χ4n) is 2.06. The molecule has 2 rings (SSSR count). The smallest absolute Gasteiger partial charge is 0.269 e. The maximum atomic E-state index is 10.6. The second-order valence-corrected chi connectivity index (χ2v) is 4.95. The molecule has 0 aliphatic heterocycles. The summed E-state index contributed by atoms with van der Waals surface area (Å²) >= 11 is 0. The summed E-state index contributed by atoms with van der Waals surface area (Å²) in [4.78, 5) is 14.6. The third-order valence-corrected chi connectivity index (χ3v) is 3.23. The molecule has 0 radical (unpaired) electrons. The Morgan fingerprint density at radius 1 is 1.33 bits per heavy atom. The van der Waals surface area contributed by atoms with Crippen molar-refractivity contribution in [2.75, 3.05) is 6.54 Å². The Labute approximate surface area is 124 Å². The molecule has 1 heterocycles. The van der Waals surface area contributed by atoms with Crippen molar-refractivity contribution in [2.45, 2.75) is 32.9 Å². The van der Waals surface area contributed by atoms with Crippen LogP contribution < -0.4 is 5.32 Å². The molecule has 0 amide bonds. The van der Waals surface area contributed by atoms with Crippen molar-refractivity contribution < 1.29 is 4.92 Å². The Kier molecular flexibility index (Phi) is 5.45. The van der Waals surface area contributed by atoms with Crippen molar-refractivity contribution in [1.29, 1.82) is 0 Å². The Bertz CT molecular complexity index is 578. The van der Waals surface area contributed by atoms with E-state index in [1.807, 2.05) is 17.1 Å². The van der Waals surface area contributed by atoms with E-state index in [4.69, 9.17) is 0 Å². The summed E-state index contributed by atoms with van der Waals surface area (Å²) < 4.78 is 2.05. The first-order valence-electron chi connectivity index (χ1n) is 7.13. The van der Waals surface area contributed by atoms with Gasteiger partial charge in [-0.2, -0.15) is 0 Å². The van der Waals surface area contributed by atoms with Gasteiger partial charge in [0.25, 0.3) is 5.69 Å². The summed E-state index contributed by atoms with van der Waals surface area (Å²) in [5.41, 5.74) is 2.25. The first-order chi connectivity index (χ1) is 10.2. The molecule has 112 valence electrons. The molecule has 0 spiro atoms. The van der Waals surface area contributed by atoms with E-state index in [2.05, 4.69) is 17.2 Å². The molecule has 0 aliphatic rings. The van der Waals surface area contributed by atoms with E-state index in [0.29, 0.717) is 0 Å². The predicted octanol–water partition coefficient (Wildman–Crippen LogP) is 2.53. The van der Waals surface area contributed by atoms with Gasteiger partial charge >= 0.3 is 0 Å². The Balaban J connectivity index is 1.83. The van der Waals surface area contributed by atoms with E-state index in [0.717, 1.165) is 43.7 Å². The van der Waals surface area contributed by atoms with Gasteiger partial charge in [-0.3, -0.25) is 10.1 Å². The molecule has 6 heteroatoms. The molecule has 1 aromatic heterocycles. The van der Waals surface area contributed by atoms with E-state index in [1.54, 1.807) is 24.3 Å². The lowest BCUT2D eigenvalue weighted by molar-refractivity contribution is -0.384. The third kappa shape index (κ3) is 4.68. The summed E-state index contributed by atoms with van der Waals surface area (Å²) in [6.07, 6.45) is 5.80. The summed E-state index contributed by atoms with van der Waals surface area (Å²) in [6, 6.07) is 6.70. The van der Waals surface area contributed by atoms with Crippen LogP contribution in [0.25, 0.3) is 0 Å². The number of non-ortho nitro benzene ring substituents is 1. The monoisotopic (exact) mass is 288 g/mol. The lowest BCUT2D eigenvalue weighted by Crippen LogP contribution is -2.13. The van der Waals surface area contributed by atoms with Crippen LogP contribution in [0.15, 0.2) is 36.8 Å². The van der Waals surface area contributed by atoms with Crippen LogP contribution in [0.1, 0.15) is 24.6 Å². The molecule has 6 nitrogen and oxygen atoms in total. The topological polar surface area (TPSA) is 73.0 Å². The van der Waals surface area contributed by atoms with Crippen LogP contribution in [0, 0.1) is 10.1 Å². The minimum atomic E-state index is -0.380. The maximum Gasteiger partial charge on any atom is 0.269 e. The molecule has 1 aromatic carbocycles. The molecule has 0 saturated heterocycles. The van der Waals surface area contributed by atoms with Crippen LogP contribution >= 0.6 is 0 Å². The number of aromatic nitrogens is 2. The summed E-state index contributed by atoms with van der Waals surface area (Å²) in [5, 5.41) is 13.9. The highest BCUT2D eigenvalue weighted by atomic mass is 16.6. The van der Waals surface area contributed by atoms with E-state index in [-0.39, 0.29) is 10.6 Å². The SMILES string of the molecule is CCCNCc1cn(CCc2ccc([N+](=O)[O-])cc2)cn1. The zero-order valence-corrected chi connectivity index (χ0v) is 12.2. The fraction of sp³-hybridized carbons (Fsp3) is 0.400. The summed E-state index contributed by atoms with van der Waals surface area (Å²) in [5.74, 6) is 0. The second-order valence-electron chi connectivity index (χ2n) is 4.95. The Morgan fingerprint density at radius 2 is 2.10 bits per heavy atom. The molecular formula is C15H20N4O2. The number of hydrogen-bond acceptors (Lipinski definition) is 4. The number of aryl methyl sites for hydroxylation is 2. The van der Waals surface area contributed by atoms with Crippen molar-refractivity contribution in [2.24, 2.45) is 0 Å². The van der Waals surface area contributed by atoms with Crippen molar-refractivity contribution in [3.63, 3.8) is 0 Å². The molecule has 0 saturated carbocycles. The number of benzene rings is 1. The highest BCUT2D eigenvalue weighted by Crippen LogP contribution is 2.12. The largest absolute Gasteiger partial charge is 0.337 e. The molecule has 0 unspecified atom stereocenters. The van der Waals surface area contributed by atoms with Gasteiger partial charge in [0.2, 0.25) is 0 Å². The number of rotatable bonds is 8. The molecule has 21 heavy (non-hydrogen) atoms. The number of nitro groups is 1. The highest BCUT2D eigenvalue weighted by molar-refractivity contribution is 5.32. The molecule has 0 aliphatic carbocycles. The van der Waals surface area contributed by atoms with Gasteiger partial charge in [0.1, 0.15) is 0 Å². The van der Waals surface area contributed by atoms with E-state index >= 15 is 0 Å². The van der Waals surface area contributed by atoms with Crippen molar-refractivity contribution in [3.8, 4) is 0 Å². The first-order valence-corrected chi connectivity index (χ1v) is 7.13. The minimum absolute atomic E-state index is 0.130. The predicted molar refractivity (Wildman–Crippen MR) is 81.0 cm³/mol. The molecule has 1 N–H and O–H groups in total. The van der Waals surface area contributed by atoms with E-state index < -0.39 is 0 Å². The standard InChI is InChI=1S/C15H20N4O2/c1-2-8-16-10-14-11-18(12-17-14)9-7-13-3-5-15(6-4-13)19(20)21/h3-6,11-12,16H,2,7-10H2,1H3. The van der Waals surface area contributed by atoms with Gasteiger partial charge in [0, 0.05) is 31.4 Å². The van der Waals surface area contributed by atoms with Gasteiger partial charge in [-0.25, -0.2) is 4.98 Å². The van der Waals surface area contributed by atoms with Crippen LogP contribution in [0.4, 0.5) is 5.69 Å². The molecule has 2 aromatic rings.